The summed E-state index contributed by atoms with van der Waals surface area (Å²) in [5.74, 6) is 2.36. The summed E-state index contributed by atoms with van der Waals surface area (Å²) in [6, 6.07) is 19.4. The molecule has 0 spiro atoms. The fraction of sp³-hybridized carbons (Fsp3) is 0.393. The van der Waals surface area contributed by atoms with Crippen LogP contribution in [-0.4, -0.2) is 50.1 Å². The molecule has 7 nitrogen and oxygen atoms in total. The number of likely N-dealkylation sites (tertiary alicyclic amines) is 1. The van der Waals surface area contributed by atoms with Gasteiger partial charge in [0.2, 0.25) is 5.95 Å². The van der Waals surface area contributed by atoms with Crippen LogP contribution in [0.2, 0.25) is 0 Å². The fourth-order valence-electron chi connectivity index (χ4n) is 5.11. The average Bonchev–Trinajstić information content (AvgIpc) is 3.43. The maximum Gasteiger partial charge on any atom is 0.225 e. The quantitative estimate of drug-likeness (QED) is 0.323. The molecule has 2 atom stereocenters. The number of hydrogen-bond acceptors (Lipinski definition) is 6. The topological polar surface area (TPSA) is 70.9 Å². The zero-order chi connectivity index (χ0) is 23.6. The number of hydrogen-bond donors (Lipinski definition) is 2. The number of anilines is 2. The van der Waals surface area contributed by atoms with Gasteiger partial charge < -0.3 is 10.6 Å². The summed E-state index contributed by atoms with van der Waals surface area (Å²) in [6.45, 7) is 5.66. The van der Waals surface area contributed by atoms with E-state index in [2.05, 4.69) is 62.8 Å². The monoisotopic (exact) mass is 471 g/mol. The molecule has 1 saturated heterocycles. The zero-order valence-electron chi connectivity index (χ0n) is 20.3. The molecule has 2 fully saturated rings. The molecule has 0 bridgehead atoms. The number of aromatic nitrogens is 4. The Hall–Kier alpha value is -3.45. The molecule has 3 heterocycles. The Morgan fingerprint density at radius 1 is 1.06 bits per heavy atom. The molecule has 2 N–H and O–H groups in total. The standard InChI is InChI=1S/C28H33N7.2H2/c1-20(22-6-3-2-4-7-22)32-28-29-14-13-27(33-28)35-19-31-25-16-23(11-12-26(25)35)30-17-24-8-5-15-34(24)18-21-9-10-21;;/h2-4,6-7,11-14,16,19-21,24,30H,5,8-10,15,17-18H2,1H3,(H,29,32,33);2*1H/t20-,24?;;/m0../s1. The van der Waals surface area contributed by atoms with Crippen molar-refractivity contribution in [3.05, 3.63) is 72.7 Å². The Morgan fingerprint density at radius 2 is 1.94 bits per heavy atom. The minimum Gasteiger partial charge on any atom is -0.383 e. The molecule has 1 saturated carbocycles. The van der Waals surface area contributed by atoms with Crippen LogP contribution in [0.1, 0.15) is 47.1 Å². The van der Waals surface area contributed by atoms with E-state index in [1.165, 1.54) is 44.3 Å². The van der Waals surface area contributed by atoms with Crippen LogP contribution in [0, 0.1) is 5.92 Å². The predicted molar refractivity (Wildman–Crippen MR) is 145 cm³/mol. The third-order valence-corrected chi connectivity index (χ3v) is 7.31. The molecule has 4 aromatic rings. The van der Waals surface area contributed by atoms with Crippen molar-refractivity contribution in [3.63, 3.8) is 0 Å². The van der Waals surface area contributed by atoms with Gasteiger partial charge in [-0.05, 0) is 74.9 Å². The third-order valence-electron chi connectivity index (χ3n) is 7.31. The average molecular weight is 472 g/mol. The highest BCUT2D eigenvalue weighted by atomic mass is 15.2. The molecule has 35 heavy (non-hydrogen) atoms. The van der Waals surface area contributed by atoms with Crippen LogP contribution in [0.5, 0.6) is 0 Å². The van der Waals surface area contributed by atoms with E-state index in [1.54, 1.807) is 6.20 Å². The summed E-state index contributed by atoms with van der Waals surface area (Å²) < 4.78 is 2.02. The maximum atomic E-state index is 4.76. The fourth-order valence-corrected chi connectivity index (χ4v) is 5.11. The lowest BCUT2D eigenvalue weighted by Gasteiger charge is -2.25. The second kappa shape index (κ2) is 9.66. The summed E-state index contributed by atoms with van der Waals surface area (Å²) in [5.41, 5.74) is 4.32. The first-order chi connectivity index (χ1) is 17.2. The number of benzene rings is 2. The molecular formula is C28H37N7. The Kier molecular flexibility index (Phi) is 6.08. The molecule has 2 aromatic carbocycles. The van der Waals surface area contributed by atoms with Crippen molar-refractivity contribution in [1.29, 1.82) is 0 Å². The second-order valence-electron chi connectivity index (χ2n) is 9.95. The van der Waals surface area contributed by atoms with Gasteiger partial charge in [-0.3, -0.25) is 9.47 Å². The van der Waals surface area contributed by atoms with E-state index in [4.69, 9.17) is 4.98 Å². The smallest absolute Gasteiger partial charge is 0.225 e. The lowest BCUT2D eigenvalue weighted by atomic mass is 10.1. The molecule has 1 unspecified atom stereocenters. The Bertz CT molecular complexity index is 1290. The van der Waals surface area contributed by atoms with E-state index in [1.807, 2.05) is 35.2 Å². The Morgan fingerprint density at radius 3 is 2.80 bits per heavy atom. The first-order valence-corrected chi connectivity index (χ1v) is 12.8. The highest BCUT2D eigenvalue weighted by molar-refractivity contribution is 5.81. The van der Waals surface area contributed by atoms with Gasteiger partial charge in [0.1, 0.15) is 12.1 Å². The van der Waals surface area contributed by atoms with Crippen LogP contribution in [0.25, 0.3) is 16.9 Å². The van der Waals surface area contributed by atoms with Crippen LogP contribution in [-0.2, 0) is 0 Å². The van der Waals surface area contributed by atoms with Crippen LogP contribution in [0.4, 0.5) is 11.6 Å². The highest BCUT2D eigenvalue weighted by Gasteiger charge is 2.30. The minimum absolute atomic E-state index is 0. The van der Waals surface area contributed by atoms with Gasteiger partial charge in [0.25, 0.3) is 0 Å². The number of nitrogens with one attached hydrogen (secondary N) is 2. The van der Waals surface area contributed by atoms with Crippen molar-refractivity contribution in [1.82, 2.24) is 24.4 Å². The summed E-state index contributed by atoms with van der Waals surface area (Å²) in [4.78, 5) is 16.5. The minimum atomic E-state index is 0. The van der Waals surface area contributed by atoms with Gasteiger partial charge in [-0.15, -0.1) is 0 Å². The van der Waals surface area contributed by atoms with Crippen molar-refractivity contribution in [2.75, 3.05) is 30.3 Å². The molecule has 1 aliphatic carbocycles. The summed E-state index contributed by atoms with van der Waals surface area (Å²) >= 11 is 0. The largest absolute Gasteiger partial charge is 0.383 e. The molecule has 2 aromatic heterocycles. The Balaban J connectivity index is 0.00000160. The first kappa shape index (κ1) is 22.0. The number of fused-ring (bicyclic) bond motifs is 1. The molecule has 6 rings (SSSR count). The molecule has 0 radical (unpaired) electrons. The SMILES string of the molecule is C[C@H](Nc1nccc(-n2cnc3cc(NCC4CCCN4CC4CC4)ccc32)n1)c1ccccc1.[HH].[HH]. The number of nitrogens with zero attached hydrogens (tertiary/aromatic N) is 5. The van der Waals surface area contributed by atoms with Gasteiger partial charge >= 0.3 is 0 Å². The zero-order valence-corrected chi connectivity index (χ0v) is 20.3. The first-order valence-electron chi connectivity index (χ1n) is 12.8. The van der Waals surface area contributed by atoms with Gasteiger partial charge in [-0.1, -0.05) is 30.3 Å². The normalized spacial score (nSPS) is 19.2. The predicted octanol–water partition coefficient (Wildman–Crippen LogP) is 5.77. The number of rotatable bonds is 9. The maximum absolute atomic E-state index is 4.76. The van der Waals surface area contributed by atoms with E-state index >= 15 is 0 Å². The summed E-state index contributed by atoms with van der Waals surface area (Å²) in [5, 5.41) is 7.08. The van der Waals surface area contributed by atoms with Crippen LogP contribution < -0.4 is 10.6 Å². The van der Waals surface area contributed by atoms with Crippen molar-refractivity contribution < 1.29 is 2.85 Å². The lowest BCUT2D eigenvalue weighted by molar-refractivity contribution is 0.252. The van der Waals surface area contributed by atoms with E-state index in [0.29, 0.717) is 12.0 Å². The van der Waals surface area contributed by atoms with Gasteiger partial charge in [-0.2, -0.15) is 4.98 Å². The van der Waals surface area contributed by atoms with Crippen molar-refractivity contribution in [2.24, 2.45) is 5.92 Å². The molecule has 7 heteroatoms. The second-order valence-corrected chi connectivity index (χ2v) is 9.95. The summed E-state index contributed by atoms with van der Waals surface area (Å²) in [6.07, 6.45) is 9.10. The van der Waals surface area contributed by atoms with Gasteiger partial charge in [0.15, 0.2) is 0 Å². The molecule has 2 aliphatic rings. The molecule has 1 aliphatic heterocycles. The van der Waals surface area contributed by atoms with E-state index in [-0.39, 0.29) is 8.90 Å². The van der Waals surface area contributed by atoms with Gasteiger partial charge in [0.05, 0.1) is 17.1 Å². The van der Waals surface area contributed by atoms with Crippen LogP contribution in [0.3, 0.4) is 0 Å². The molecule has 184 valence electrons. The molecule has 0 amide bonds. The van der Waals surface area contributed by atoms with Crippen molar-refractivity contribution in [3.8, 4) is 5.82 Å². The number of imidazole rings is 1. The summed E-state index contributed by atoms with van der Waals surface area (Å²) in [7, 11) is 0. The molecular weight excluding hydrogens is 434 g/mol. The van der Waals surface area contributed by atoms with Crippen molar-refractivity contribution >= 4 is 22.7 Å². The highest BCUT2D eigenvalue weighted by Crippen LogP contribution is 2.32. The van der Waals surface area contributed by atoms with Gasteiger partial charge in [0, 0.05) is 33.9 Å². The van der Waals surface area contributed by atoms with E-state index in [9.17, 15) is 0 Å². The third kappa shape index (κ3) is 5.00. The van der Waals surface area contributed by atoms with Gasteiger partial charge in [-0.25, -0.2) is 9.97 Å². The van der Waals surface area contributed by atoms with E-state index < -0.39 is 0 Å². The lowest BCUT2D eigenvalue weighted by Crippen LogP contribution is -2.36. The van der Waals surface area contributed by atoms with E-state index in [0.717, 1.165) is 35.0 Å². The van der Waals surface area contributed by atoms with Crippen LogP contribution in [0.15, 0.2) is 67.1 Å². The Labute approximate surface area is 209 Å². The van der Waals surface area contributed by atoms with Crippen molar-refractivity contribution in [2.45, 2.75) is 44.7 Å². The van der Waals surface area contributed by atoms with Crippen LogP contribution >= 0.6 is 0 Å².